The van der Waals surface area contributed by atoms with Gasteiger partial charge in [0.2, 0.25) is 0 Å². The number of rotatable bonds is 7. The molecule has 3 nitrogen and oxygen atoms in total. The summed E-state index contributed by atoms with van der Waals surface area (Å²) in [4.78, 5) is 14.0. The fourth-order valence-corrected chi connectivity index (χ4v) is 2.13. The van der Waals surface area contributed by atoms with E-state index in [1.165, 1.54) is 4.90 Å². The summed E-state index contributed by atoms with van der Waals surface area (Å²) >= 11 is 1.70. The second-order valence-corrected chi connectivity index (χ2v) is 4.71. The molecule has 0 aliphatic heterocycles. The number of hydrogen-bond acceptors (Lipinski definition) is 3. The number of thioether (sulfide) groups is 1. The number of aliphatic carboxylic acids is 1. The molecule has 17 heavy (non-hydrogen) atoms. The minimum absolute atomic E-state index is 0.184. The fraction of sp³-hybridized carbons (Fsp3) is 0.462. The van der Waals surface area contributed by atoms with Crippen LogP contribution in [0.2, 0.25) is 0 Å². The van der Waals surface area contributed by atoms with E-state index < -0.39 is 5.97 Å². The molecule has 1 rings (SSSR count). The predicted molar refractivity (Wildman–Crippen MR) is 73.0 cm³/mol. The van der Waals surface area contributed by atoms with E-state index in [-0.39, 0.29) is 6.42 Å². The Hall–Kier alpha value is -1.16. The summed E-state index contributed by atoms with van der Waals surface area (Å²) in [6, 6.07) is 8.24. The van der Waals surface area contributed by atoms with E-state index in [2.05, 4.69) is 24.0 Å². The van der Waals surface area contributed by atoms with Crippen molar-refractivity contribution in [1.29, 1.82) is 0 Å². The molecule has 0 fully saturated rings. The third-order valence-corrected chi connectivity index (χ3v) is 3.23. The lowest BCUT2D eigenvalue weighted by Crippen LogP contribution is -2.26. The SMILES string of the molecule is CCCN(CCC(=O)O)c1cccc(SC)c1. The number of anilines is 1. The molecule has 0 atom stereocenters. The van der Waals surface area contributed by atoms with Crippen molar-refractivity contribution in [2.24, 2.45) is 0 Å². The van der Waals surface area contributed by atoms with Crippen LogP contribution in [0.5, 0.6) is 0 Å². The zero-order valence-electron chi connectivity index (χ0n) is 10.3. The third-order valence-electron chi connectivity index (χ3n) is 2.51. The zero-order chi connectivity index (χ0) is 12.7. The van der Waals surface area contributed by atoms with E-state index in [1.807, 2.05) is 18.4 Å². The molecule has 1 aromatic rings. The van der Waals surface area contributed by atoms with Crippen molar-refractivity contribution in [2.75, 3.05) is 24.2 Å². The highest BCUT2D eigenvalue weighted by Crippen LogP contribution is 2.22. The molecule has 0 saturated heterocycles. The van der Waals surface area contributed by atoms with Crippen molar-refractivity contribution >= 4 is 23.4 Å². The number of benzene rings is 1. The Morgan fingerprint density at radius 1 is 1.41 bits per heavy atom. The Kier molecular flexibility index (Phi) is 5.91. The van der Waals surface area contributed by atoms with Gasteiger partial charge in [-0.25, -0.2) is 0 Å². The first-order chi connectivity index (χ1) is 8.17. The van der Waals surface area contributed by atoms with Crippen LogP contribution in [0.3, 0.4) is 0 Å². The molecule has 0 amide bonds. The van der Waals surface area contributed by atoms with Gasteiger partial charge in [-0.3, -0.25) is 4.79 Å². The van der Waals surface area contributed by atoms with E-state index in [9.17, 15) is 4.79 Å². The molecule has 0 aromatic heterocycles. The van der Waals surface area contributed by atoms with Gasteiger partial charge in [-0.05, 0) is 30.9 Å². The highest BCUT2D eigenvalue weighted by atomic mass is 32.2. The minimum Gasteiger partial charge on any atom is -0.481 e. The van der Waals surface area contributed by atoms with Gasteiger partial charge >= 0.3 is 5.97 Å². The molecule has 4 heteroatoms. The predicted octanol–water partition coefficient (Wildman–Crippen LogP) is 3.10. The van der Waals surface area contributed by atoms with Crippen molar-refractivity contribution < 1.29 is 9.90 Å². The molecule has 0 unspecified atom stereocenters. The Morgan fingerprint density at radius 3 is 2.76 bits per heavy atom. The maximum Gasteiger partial charge on any atom is 0.305 e. The van der Waals surface area contributed by atoms with Crippen LogP contribution < -0.4 is 4.90 Å². The molecule has 0 aliphatic carbocycles. The largest absolute Gasteiger partial charge is 0.481 e. The lowest BCUT2D eigenvalue weighted by Gasteiger charge is -2.24. The highest BCUT2D eigenvalue weighted by molar-refractivity contribution is 7.98. The van der Waals surface area contributed by atoms with E-state index in [4.69, 9.17) is 5.11 Å². The number of carboxylic acid groups (broad SMARTS) is 1. The second kappa shape index (κ2) is 7.22. The van der Waals surface area contributed by atoms with Crippen molar-refractivity contribution in [3.8, 4) is 0 Å². The first-order valence-electron chi connectivity index (χ1n) is 5.78. The van der Waals surface area contributed by atoms with Crippen molar-refractivity contribution in [3.05, 3.63) is 24.3 Å². The lowest BCUT2D eigenvalue weighted by molar-refractivity contribution is -0.136. The van der Waals surface area contributed by atoms with E-state index >= 15 is 0 Å². The monoisotopic (exact) mass is 253 g/mol. The van der Waals surface area contributed by atoms with Crippen LogP contribution in [-0.2, 0) is 4.79 Å². The summed E-state index contributed by atoms with van der Waals surface area (Å²) in [5, 5.41) is 8.75. The topological polar surface area (TPSA) is 40.5 Å². The van der Waals surface area contributed by atoms with Gasteiger partial charge in [0, 0.05) is 23.7 Å². The number of carboxylic acids is 1. The van der Waals surface area contributed by atoms with Crippen LogP contribution in [-0.4, -0.2) is 30.4 Å². The Balaban J connectivity index is 2.76. The smallest absolute Gasteiger partial charge is 0.305 e. The quantitative estimate of drug-likeness (QED) is 0.758. The van der Waals surface area contributed by atoms with Gasteiger partial charge in [-0.1, -0.05) is 13.0 Å². The molecule has 94 valence electrons. The number of nitrogens with zero attached hydrogens (tertiary/aromatic N) is 1. The van der Waals surface area contributed by atoms with Crippen molar-refractivity contribution in [1.82, 2.24) is 0 Å². The van der Waals surface area contributed by atoms with Crippen LogP contribution in [0.1, 0.15) is 19.8 Å². The van der Waals surface area contributed by atoms with E-state index in [0.29, 0.717) is 6.54 Å². The zero-order valence-corrected chi connectivity index (χ0v) is 11.2. The van der Waals surface area contributed by atoms with Crippen LogP contribution in [0.4, 0.5) is 5.69 Å². The molecule has 1 aromatic carbocycles. The minimum atomic E-state index is -0.743. The summed E-state index contributed by atoms with van der Waals surface area (Å²) < 4.78 is 0. The van der Waals surface area contributed by atoms with E-state index in [1.54, 1.807) is 11.8 Å². The molecular weight excluding hydrogens is 234 g/mol. The van der Waals surface area contributed by atoms with Gasteiger partial charge in [0.25, 0.3) is 0 Å². The van der Waals surface area contributed by atoms with Crippen LogP contribution in [0.15, 0.2) is 29.2 Å². The summed E-state index contributed by atoms with van der Waals surface area (Å²) in [7, 11) is 0. The maximum absolute atomic E-state index is 10.6. The second-order valence-electron chi connectivity index (χ2n) is 3.83. The Labute approximate surface area is 107 Å². The van der Waals surface area contributed by atoms with Crippen molar-refractivity contribution in [2.45, 2.75) is 24.7 Å². The maximum atomic E-state index is 10.6. The molecular formula is C13H19NO2S. The molecule has 0 heterocycles. The van der Waals surface area contributed by atoms with Gasteiger partial charge in [0.15, 0.2) is 0 Å². The van der Waals surface area contributed by atoms with Crippen LogP contribution >= 0.6 is 11.8 Å². The standard InChI is InChI=1S/C13H19NO2S/c1-3-8-14(9-7-13(15)16)11-5-4-6-12(10-11)17-2/h4-6,10H,3,7-9H2,1-2H3,(H,15,16). The summed E-state index contributed by atoms with van der Waals surface area (Å²) in [5.74, 6) is -0.743. The van der Waals surface area contributed by atoms with Crippen LogP contribution in [0.25, 0.3) is 0 Å². The molecule has 0 radical (unpaired) electrons. The molecule has 0 bridgehead atoms. The molecule has 0 aliphatic rings. The molecule has 0 spiro atoms. The number of hydrogen-bond donors (Lipinski definition) is 1. The molecule has 0 saturated carbocycles. The summed E-state index contributed by atoms with van der Waals surface area (Å²) in [6.45, 7) is 3.57. The van der Waals surface area contributed by atoms with Gasteiger partial charge in [-0.2, -0.15) is 0 Å². The Morgan fingerprint density at radius 2 is 2.18 bits per heavy atom. The summed E-state index contributed by atoms with van der Waals surface area (Å²) in [5.41, 5.74) is 1.11. The normalized spacial score (nSPS) is 10.2. The van der Waals surface area contributed by atoms with Gasteiger partial charge in [-0.15, -0.1) is 11.8 Å². The fourth-order valence-electron chi connectivity index (χ4n) is 1.68. The molecule has 1 N–H and O–H groups in total. The third kappa shape index (κ3) is 4.69. The Bertz CT molecular complexity index is 368. The van der Waals surface area contributed by atoms with Crippen LogP contribution in [0, 0.1) is 0 Å². The van der Waals surface area contributed by atoms with Crippen molar-refractivity contribution in [3.63, 3.8) is 0 Å². The first-order valence-corrected chi connectivity index (χ1v) is 7.00. The number of carbonyl (C=O) groups is 1. The van der Waals surface area contributed by atoms with Gasteiger partial charge in [0.1, 0.15) is 0 Å². The average Bonchev–Trinajstić information content (AvgIpc) is 2.34. The lowest BCUT2D eigenvalue weighted by atomic mass is 10.2. The first kappa shape index (κ1) is 13.9. The average molecular weight is 253 g/mol. The van der Waals surface area contributed by atoms with Gasteiger partial charge in [0.05, 0.1) is 6.42 Å². The van der Waals surface area contributed by atoms with Gasteiger partial charge < -0.3 is 10.0 Å². The highest BCUT2D eigenvalue weighted by Gasteiger charge is 2.08. The summed E-state index contributed by atoms with van der Waals surface area (Å²) in [6.07, 6.45) is 3.24. The van der Waals surface area contributed by atoms with E-state index in [0.717, 1.165) is 18.7 Å².